The molecule has 0 spiro atoms. The zero-order chi connectivity index (χ0) is 15.9. The van der Waals surface area contributed by atoms with Crippen molar-refractivity contribution in [2.75, 3.05) is 33.2 Å². The molecule has 1 aliphatic heterocycles. The molecule has 3 N–H and O–H groups in total. The zero-order valence-electron chi connectivity index (χ0n) is 12.1. The van der Waals surface area contributed by atoms with Gasteiger partial charge in [0.1, 0.15) is 0 Å². The Morgan fingerprint density at radius 2 is 1.67 bits per heavy atom. The van der Waals surface area contributed by atoms with Gasteiger partial charge in [-0.15, -0.1) is 0 Å². The van der Waals surface area contributed by atoms with E-state index < -0.39 is 7.82 Å². The molecular formula is C12H21N4O4P. The van der Waals surface area contributed by atoms with Crippen LogP contribution in [0.2, 0.25) is 0 Å². The summed E-state index contributed by atoms with van der Waals surface area (Å²) < 4.78 is 8.88. The van der Waals surface area contributed by atoms with E-state index in [1.807, 2.05) is 19.1 Å². The number of pyridine rings is 1. The smallest absolute Gasteiger partial charge is 0.303 e. The molecule has 0 radical (unpaired) electrons. The summed E-state index contributed by atoms with van der Waals surface area (Å²) >= 11 is 0. The Balaban J connectivity index is 0.000000383. The minimum Gasteiger partial charge on any atom is -0.303 e. The number of hydrogen-bond acceptors (Lipinski definition) is 5. The van der Waals surface area contributed by atoms with Crippen LogP contribution < -0.4 is 0 Å². The van der Waals surface area contributed by atoms with Gasteiger partial charge in [-0.3, -0.25) is 9.99 Å². The van der Waals surface area contributed by atoms with Crippen molar-refractivity contribution in [2.45, 2.75) is 6.92 Å². The molecule has 0 aliphatic carbocycles. The number of aromatic nitrogens is 1. The summed E-state index contributed by atoms with van der Waals surface area (Å²) in [6.45, 7) is 6.26. The molecule has 0 unspecified atom stereocenters. The lowest BCUT2D eigenvalue weighted by Gasteiger charge is -2.30. The van der Waals surface area contributed by atoms with E-state index in [2.05, 4.69) is 27.0 Å². The van der Waals surface area contributed by atoms with Gasteiger partial charge in [0.2, 0.25) is 0 Å². The van der Waals surface area contributed by atoms with Gasteiger partial charge in [0, 0.05) is 44.1 Å². The Hall–Kier alpha value is -1.31. The van der Waals surface area contributed by atoms with Gasteiger partial charge in [-0.1, -0.05) is 0 Å². The fraction of sp³-hybridized carbons (Fsp3) is 0.500. The molecule has 1 aliphatic rings. The van der Waals surface area contributed by atoms with Crippen LogP contribution in [0.15, 0.2) is 29.6 Å². The number of rotatable bonds is 2. The fourth-order valence-electron chi connectivity index (χ4n) is 1.76. The summed E-state index contributed by atoms with van der Waals surface area (Å²) in [6.07, 6.45) is 3.61. The van der Waals surface area contributed by atoms with Gasteiger partial charge in [-0.05, 0) is 26.1 Å². The quantitative estimate of drug-likeness (QED) is 0.525. The van der Waals surface area contributed by atoms with Crippen LogP contribution in [0, 0.1) is 0 Å². The van der Waals surface area contributed by atoms with Gasteiger partial charge in [0.05, 0.1) is 5.71 Å². The third-order valence-electron chi connectivity index (χ3n) is 2.87. The molecule has 1 saturated heterocycles. The molecule has 2 rings (SSSR count). The molecule has 0 bridgehead atoms. The van der Waals surface area contributed by atoms with E-state index in [9.17, 15) is 0 Å². The van der Waals surface area contributed by atoms with Gasteiger partial charge in [-0.2, -0.15) is 5.10 Å². The minimum absolute atomic E-state index is 1.01. The first-order valence-corrected chi connectivity index (χ1v) is 7.99. The molecule has 2 heterocycles. The Bertz CT molecular complexity index is 489. The molecule has 0 amide bonds. The van der Waals surface area contributed by atoms with Gasteiger partial charge < -0.3 is 19.6 Å². The second-order valence-electron chi connectivity index (χ2n) is 4.69. The molecule has 0 saturated carbocycles. The second-order valence-corrected chi connectivity index (χ2v) is 5.72. The summed E-state index contributed by atoms with van der Waals surface area (Å²) in [4.78, 5) is 27.9. The normalized spacial score (nSPS) is 17.2. The predicted octanol–water partition coefficient (Wildman–Crippen LogP) is 0.124. The lowest BCUT2D eigenvalue weighted by atomic mass is 10.2. The molecule has 0 aromatic carbocycles. The van der Waals surface area contributed by atoms with Crippen LogP contribution in [0.3, 0.4) is 0 Å². The summed E-state index contributed by atoms with van der Waals surface area (Å²) in [5, 5.41) is 6.78. The standard InChI is InChI=1S/C12H18N4.H3O4P/c1-11(12-3-5-13-6-4-12)14-16-9-7-15(2)8-10-16;1-5(2,3)4/h3-6H,7-10H2,1-2H3;(H3,1,2,3,4)/b14-11+;. The summed E-state index contributed by atoms with van der Waals surface area (Å²) in [6, 6.07) is 3.99. The molecule has 1 aromatic rings. The average Bonchev–Trinajstić information content (AvgIpc) is 2.40. The monoisotopic (exact) mass is 316 g/mol. The lowest BCUT2D eigenvalue weighted by molar-refractivity contribution is 0.159. The van der Waals surface area contributed by atoms with E-state index in [4.69, 9.17) is 19.2 Å². The van der Waals surface area contributed by atoms with Crippen molar-refractivity contribution in [1.29, 1.82) is 0 Å². The number of nitrogens with zero attached hydrogens (tertiary/aromatic N) is 4. The third-order valence-corrected chi connectivity index (χ3v) is 2.87. The first-order valence-electron chi connectivity index (χ1n) is 6.43. The van der Waals surface area contributed by atoms with E-state index in [0.29, 0.717) is 0 Å². The van der Waals surface area contributed by atoms with E-state index in [1.54, 1.807) is 12.4 Å². The number of likely N-dealkylation sites (N-methyl/N-ethyl adjacent to an activating group) is 1. The van der Waals surface area contributed by atoms with Crippen molar-refractivity contribution in [3.8, 4) is 0 Å². The second kappa shape index (κ2) is 8.21. The largest absolute Gasteiger partial charge is 0.466 e. The van der Waals surface area contributed by atoms with E-state index in [-0.39, 0.29) is 0 Å². The third kappa shape index (κ3) is 8.54. The number of piperazine rings is 1. The van der Waals surface area contributed by atoms with Crippen molar-refractivity contribution in [2.24, 2.45) is 5.10 Å². The number of hydrogen-bond donors (Lipinski definition) is 3. The Morgan fingerprint density at radius 3 is 2.14 bits per heavy atom. The SMILES string of the molecule is C/C(=N\N1CCN(C)CC1)c1ccncc1.O=P(O)(O)O. The van der Waals surface area contributed by atoms with Crippen LogP contribution in [0.5, 0.6) is 0 Å². The summed E-state index contributed by atoms with van der Waals surface area (Å²) in [5.74, 6) is 0. The van der Waals surface area contributed by atoms with Crippen LogP contribution >= 0.6 is 7.82 Å². The molecule has 21 heavy (non-hydrogen) atoms. The highest BCUT2D eigenvalue weighted by atomic mass is 31.2. The van der Waals surface area contributed by atoms with Crippen LogP contribution in [0.4, 0.5) is 0 Å². The molecule has 0 atom stereocenters. The fourth-order valence-corrected chi connectivity index (χ4v) is 1.76. The van der Waals surface area contributed by atoms with Crippen molar-refractivity contribution in [3.05, 3.63) is 30.1 Å². The highest BCUT2D eigenvalue weighted by molar-refractivity contribution is 7.45. The van der Waals surface area contributed by atoms with Crippen molar-refractivity contribution in [3.63, 3.8) is 0 Å². The molecule has 1 aromatic heterocycles. The topological polar surface area (TPSA) is 109 Å². The first kappa shape index (κ1) is 17.7. The van der Waals surface area contributed by atoms with E-state index in [0.717, 1.165) is 37.5 Å². The highest BCUT2D eigenvalue weighted by Crippen LogP contribution is 2.25. The Labute approximate surface area is 124 Å². The number of phosphoric acid groups is 1. The maximum absolute atomic E-state index is 8.88. The van der Waals surface area contributed by atoms with Crippen molar-refractivity contribution < 1.29 is 19.2 Å². The lowest BCUT2D eigenvalue weighted by Crippen LogP contribution is -2.42. The van der Waals surface area contributed by atoms with Gasteiger partial charge >= 0.3 is 7.82 Å². The Morgan fingerprint density at radius 1 is 1.19 bits per heavy atom. The predicted molar refractivity (Wildman–Crippen MR) is 79.8 cm³/mol. The molecule has 1 fully saturated rings. The van der Waals surface area contributed by atoms with Crippen LogP contribution in [-0.2, 0) is 4.57 Å². The average molecular weight is 316 g/mol. The molecule has 8 nitrogen and oxygen atoms in total. The zero-order valence-corrected chi connectivity index (χ0v) is 13.0. The summed E-state index contributed by atoms with van der Waals surface area (Å²) in [5.41, 5.74) is 2.21. The van der Waals surface area contributed by atoms with Crippen LogP contribution in [-0.4, -0.2) is 68.5 Å². The van der Waals surface area contributed by atoms with Crippen LogP contribution in [0.25, 0.3) is 0 Å². The van der Waals surface area contributed by atoms with Gasteiger partial charge in [0.25, 0.3) is 0 Å². The van der Waals surface area contributed by atoms with Gasteiger partial charge in [-0.25, -0.2) is 4.57 Å². The van der Waals surface area contributed by atoms with E-state index in [1.165, 1.54) is 0 Å². The highest BCUT2D eigenvalue weighted by Gasteiger charge is 2.11. The minimum atomic E-state index is -4.64. The molecule has 118 valence electrons. The molecule has 9 heteroatoms. The maximum Gasteiger partial charge on any atom is 0.466 e. The summed E-state index contributed by atoms with van der Waals surface area (Å²) in [7, 11) is -2.49. The maximum atomic E-state index is 8.88. The first-order chi connectivity index (χ1) is 9.75. The van der Waals surface area contributed by atoms with Crippen molar-refractivity contribution >= 4 is 13.5 Å². The van der Waals surface area contributed by atoms with Crippen molar-refractivity contribution in [1.82, 2.24) is 14.9 Å². The van der Waals surface area contributed by atoms with Crippen LogP contribution in [0.1, 0.15) is 12.5 Å². The number of hydrazone groups is 1. The van der Waals surface area contributed by atoms with Gasteiger partial charge in [0.15, 0.2) is 0 Å². The molecular weight excluding hydrogens is 295 g/mol. The van der Waals surface area contributed by atoms with E-state index >= 15 is 0 Å². The Kier molecular flexibility index (Phi) is 6.94.